The van der Waals surface area contributed by atoms with Gasteiger partial charge in [0.05, 0.1) is 0 Å². The summed E-state index contributed by atoms with van der Waals surface area (Å²) in [6.45, 7) is 10.9. The minimum atomic E-state index is -0.966. The van der Waals surface area contributed by atoms with Gasteiger partial charge in [-0.1, -0.05) is 34.6 Å². The van der Waals surface area contributed by atoms with Gasteiger partial charge in [0.25, 0.3) is 0 Å². The molecule has 0 saturated carbocycles. The van der Waals surface area contributed by atoms with E-state index in [0.717, 1.165) is 12.8 Å². The Morgan fingerprint density at radius 2 is 1.76 bits per heavy atom. The van der Waals surface area contributed by atoms with Gasteiger partial charge in [-0.15, -0.1) is 0 Å². The van der Waals surface area contributed by atoms with E-state index in [0.29, 0.717) is 25.3 Å². The third kappa shape index (κ3) is 8.71. The Morgan fingerprint density at radius 1 is 1.19 bits per heavy atom. The van der Waals surface area contributed by atoms with Gasteiger partial charge >= 0.3 is 5.97 Å². The molecule has 0 aliphatic rings. The molecule has 0 rings (SSSR count). The van der Waals surface area contributed by atoms with Crippen LogP contribution in [0.25, 0.3) is 0 Å². The van der Waals surface area contributed by atoms with Crippen molar-refractivity contribution in [3.05, 3.63) is 0 Å². The first kappa shape index (κ1) is 19.9. The van der Waals surface area contributed by atoms with Gasteiger partial charge in [0.2, 0.25) is 5.91 Å². The largest absolute Gasteiger partial charge is 0.480 e. The number of carbonyl (C=O) groups is 2. The summed E-state index contributed by atoms with van der Waals surface area (Å²) in [5.74, 6) is -0.562. The van der Waals surface area contributed by atoms with Gasteiger partial charge in [0, 0.05) is 6.42 Å². The predicted octanol–water partition coefficient (Wildman–Crippen LogP) is 2.39. The second-order valence-electron chi connectivity index (χ2n) is 7.27. The van der Waals surface area contributed by atoms with E-state index in [4.69, 9.17) is 10.8 Å². The highest BCUT2D eigenvalue weighted by Gasteiger charge is 2.26. The van der Waals surface area contributed by atoms with Crippen LogP contribution in [0.2, 0.25) is 0 Å². The molecule has 0 aliphatic carbocycles. The summed E-state index contributed by atoms with van der Waals surface area (Å²) < 4.78 is 0. The zero-order valence-corrected chi connectivity index (χ0v) is 14.1. The smallest absolute Gasteiger partial charge is 0.326 e. The van der Waals surface area contributed by atoms with Crippen LogP contribution in [0.3, 0.4) is 0 Å². The van der Waals surface area contributed by atoms with Crippen LogP contribution in [0.4, 0.5) is 0 Å². The summed E-state index contributed by atoms with van der Waals surface area (Å²) in [7, 11) is 0. The Balaban J connectivity index is 4.43. The van der Waals surface area contributed by atoms with E-state index in [9.17, 15) is 9.59 Å². The lowest BCUT2D eigenvalue weighted by atomic mass is 9.76. The summed E-state index contributed by atoms with van der Waals surface area (Å²) in [5.41, 5.74) is 5.73. The van der Waals surface area contributed by atoms with E-state index in [2.05, 4.69) is 26.1 Å². The maximum atomic E-state index is 12.0. The van der Waals surface area contributed by atoms with Gasteiger partial charge in [0.15, 0.2) is 0 Å². The van der Waals surface area contributed by atoms with Crippen LogP contribution >= 0.6 is 0 Å². The highest BCUT2D eigenvalue weighted by molar-refractivity contribution is 5.83. The monoisotopic (exact) mass is 300 g/mol. The molecule has 5 nitrogen and oxygen atoms in total. The predicted molar refractivity (Wildman–Crippen MR) is 84.9 cm³/mol. The zero-order valence-electron chi connectivity index (χ0n) is 14.1. The lowest BCUT2D eigenvalue weighted by molar-refractivity contribution is -0.142. The Hall–Kier alpha value is -1.10. The van der Waals surface area contributed by atoms with Crippen molar-refractivity contribution in [2.75, 3.05) is 6.54 Å². The van der Waals surface area contributed by atoms with Crippen LogP contribution in [0.5, 0.6) is 0 Å². The number of hydrogen-bond donors (Lipinski definition) is 3. The number of nitrogens with one attached hydrogen (secondary N) is 1. The minimum absolute atomic E-state index is 0.101. The fraction of sp³-hybridized carbons (Fsp3) is 0.875. The second-order valence-corrected chi connectivity index (χ2v) is 7.27. The summed E-state index contributed by atoms with van der Waals surface area (Å²) in [4.78, 5) is 23.1. The first-order valence-electron chi connectivity index (χ1n) is 7.80. The molecule has 4 N–H and O–H groups in total. The lowest BCUT2D eigenvalue weighted by Crippen LogP contribution is -2.41. The Morgan fingerprint density at radius 3 is 2.14 bits per heavy atom. The number of nitrogens with two attached hydrogens (primary N) is 1. The van der Waals surface area contributed by atoms with Crippen molar-refractivity contribution in [1.29, 1.82) is 0 Å². The third-order valence-electron chi connectivity index (χ3n) is 3.80. The molecule has 0 aromatic rings. The molecular weight excluding hydrogens is 268 g/mol. The van der Waals surface area contributed by atoms with Crippen LogP contribution < -0.4 is 11.1 Å². The molecule has 5 heteroatoms. The quantitative estimate of drug-likeness (QED) is 0.609. The maximum Gasteiger partial charge on any atom is 0.326 e. The summed E-state index contributed by atoms with van der Waals surface area (Å²) in [6.07, 6.45) is 2.42. The number of amides is 1. The van der Waals surface area contributed by atoms with E-state index in [-0.39, 0.29) is 17.2 Å². The van der Waals surface area contributed by atoms with Crippen LogP contribution in [-0.4, -0.2) is 29.6 Å². The van der Waals surface area contributed by atoms with Crippen molar-refractivity contribution in [2.45, 2.75) is 66.3 Å². The molecule has 1 unspecified atom stereocenters. The van der Waals surface area contributed by atoms with Crippen LogP contribution in [-0.2, 0) is 9.59 Å². The van der Waals surface area contributed by atoms with Crippen molar-refractivity contribution in [2.24, 2.45) is 23.0 Å². The highest BCUT2D eigenvalue weighted by atomic mass is 16.4. The van der Waals surface area contributed by atoms with E-state index < -0.39 is 12.0 Å². The topological polar surface area (TPSA) is 92.4 Å². The van der Waals surface area contributed by atoms with Crippen molar-refractivity contribution in [3.8, 4) is 0 Å². The molecular formula is C16H32N2O3. The van der Waals surface area contributed by atoms with Crippen molar-refractivity contribution in [3.63, 3.8) is 0 Å². The maximum absolute atomic E-state index is 12.0. The summed E-state index contributed by atoms with van der Waals surface area (Å²) >= 11 is 0. The molecule has 0 heterocycles. The van der Waals surface area contributed by atoms with Crippen molar-refractivity contribution in [1.82, 2.24) is 5.32 Å². The van der Waals surface area contributed by atoms with E-state index in [1.807, 2.05) is 13.8 Å². The molecule has 0 aromatic carbocycles. The molecule has 2 atom stereocenters. The average molecular weight is 300 g/mol. The number of carboxylic acid groups (broad SMARTS) is 1. The SMILES string of the molecule is CC(C)C[C@H](NC(=O)CCC(CCN)C(C)(C)C)C(=O)O. The first-order chi connectivity index (χ1) is 9.57. The van der Waals surface area contributed by atoms with Crippen LogP contribution in [0.1, 0.15) is 60.3 Å². The Kier molecular flexibility index (Phi) is 8.55. The second kappa shape index (κ2) is 9.03. The van der Waals surface area contributed by atoms with Gasteiger partial charge in [-0.3, -0.25) is 4.79 Å². The highest BCUT2D eigenvalue weighted by Crippen LogP contribution is 2.32. The molecule has 21 heavy (non-hydrogen) atoms. The van der Waals surface area contributed by atoms with Gasteiger partial charge in [-0.2, -0.15) is 0 Å². The molecule has 0 fully saturated rings. The molecule has 0 aliphatic heterocycles. The lowest BCUT2D eigenvalue weighted by Gasteiger charge is -2.30. The molecule has 0 spiro atoms. The zero-order chi connectivity index (χ0) is 16.6. The van der Waals surface area contributed by atoms with Crippen molar-refractivity contribution >= 4 is 11.9 Å². The Bertz CT molecular complexity index is 335. The normalized spacial score (nSPS) is 14.8. The minimum Gasteiger partial charge on any atom is -0.480 e. The van der Waals surface area contributed by atoms with Gasteiger partial charge in [-0.05, 0) is 43.1 Å². The van der Waals surface area contributed by atoms with Crippen molar-refractivity contribution < 1.29 is 14.7 Å². The fourth-order valence-electron chi connectivity index (χ4n) is 2.48. The molecule has 0 saturated heterocycles. The van der Waals surface area contributed by atoms with Crippen LogP contribution in [0, 0.1) is 17.3 Å². The summed E-state index contributed by atoms with van der Waals surface area (Å²) in [5, 5.41) is 11.8. The molecule has 0 radical (unpaired) electrons. The van der Waals surface area contributed by atoms with Gasteiger partial charge in [0.1, 0.15) is 6.04 Å². The van der Waals surface area contributed by atoms with E-state index in [1.54, 1.807) is 0 Å². The third-order valence-corrected chi connectivity index (χ3v) is 3.80. The number of carbonyl (C=O) groups excluding carboxylic acids is 1. The number of hydrogen-bond acceptors (Lipinski definition) is 3. The molecule has 0 aromatic heterocycles. The number of carboxylic acids is 1. The average Bonchev–Trinajstić information content (AvgIpc) is 2.31. The number of rotatable bonds is 9. The van der Waals surface area contributed by atoms with Crippen LogP contribution in [0.15, 0.2) is 0 Å². The Labute approximate surface area is 128 Å². The molecule has 0 bridgehead atoms. The summed E-state index contributed by atoms with van der Waals surface area (Å²) in [6, 6.07) is -0.792. The first-order valence-corrected chi connectivity index (χ1v) is 7.80. The fourth-order valence-corrected chi connectivity index (χ4v) is 2.48. The molecule has 124 valence electrons. The number of aliphatic carboxylic acids is 1. The van der Waals surface area contributed by atoms with E-state index >= 15 is 0 Å². The van der Waals surface area contributed by atoms with Gasteiger partial charge < -0.3 is 16.2 Å². The molecule has 1 amide bonds. The standard InChI is InChI=1S/C16H32N2O3/c1-11(2)10-13(15(20)21)18-14(19)7-6-12(8-9-17)16(3,4)5/h11-13H,6-10,17H2,1-5H3,(H,18,19)(H,20,21)/t12?,13-/m0/s1. The van der Waals surface area contributed by atoms with E-state index in [1.165, 1.54) is 0 Å². The van der Waals surface area contributed by atoms with Gasteiger partial charge in [-0.25, -0.2) is 4.79 Å².